The Morgan fingerprint density at radius 1 is 1.63 bits per heavy atom. The van der Waals surface area contributed by atoms with Gasteiger partial charge in [-0.3, -0.25) is 0 Å². The summed E-state index contributed by atoms with van der Waals surface area (Å²) in [6.07, 6.45) is -0.481. The van der Waals surface area contributed by atoms with Crippen LogP contribution in [-0.4, -0.2) is 48.8 Å². The molecule has 1 fully saturated rings. The lowest BCUT2D eigenvalue weighted by Crippen LogP contribution is -2.42. The molecule has 1 aromatic rings. The number of hydrogen-bond donors (Lipinski definition) is 0. The molecule has 0 bridgehead atoms. The zero-order valence-corrected chi connectivity index (χ0v) is 10.8. The predicted octanol–water partition coefficient (Wildman–Crippen LogP) is 0.300. The van der Waals surface area contributed by atoms with Crippen molar-refractivity contribution < 1.29 is 14.3 Å². The molecule has 0 spiro atoms. The van der Waals surface area contributed by atoms with Gasteiger partial charge in [0.2, 0.25) is 5.82 Å². The number of nitriles is 1. The number of methoxy groups -OCH3 is 1. The monoisotopic (exact) mass is 262 g/mol. The molecule has 1 aliphatic rings. The van der Waals surface area contributed by atoms with Crippen LogP contribution >= 0.6 is 0 Å². The lowest BCUT2D eigenvalue weighted by Gasteiger charge is -2.30. The second kappa shape index (κ2) is 5.63. The van der Waals surface area contributed by atoms with E-state index in [1.54, 1.807) is 13.0 Å². The van der Waals surface area contributed by atoms with Crippen molar-refractivity contribution in [3.05, 3.63) is 17.6 Å². The summed E-state index contributed by atoms with van der Waals surface area (Å²) in [6, 6.07) is 3.84. The Morgan fingerprint density at radius 2 is 2.42 bits per heavy atom. The minimum atomic E-state index is -0.574. The molecule has 0 aliphatic carbocycles. The second-order valence-corrected chi connectivity index (χ2v) is 4.12. The number of hydrogen-bond acceptors (Lipinski definition) is 7. The maximum atomic E-state index is 11.5. The summed E-state index contributed by atoms with van der Waals surface area (Å²) in [5, 5.41) is 8.88. The van der Waals surface area contributed by atoms with Gasteiger partial charge in [-0.15, -0.1) is 0 Å². The van der Waals surface area contributed by atoms with Crippen molar-refractivity contribution >= 4 is 11.8 Å². The number of morpholine rings is 1. The van der Waals surface area contributed by atoms with Gasteiger partial charge in [0, 0.05) is 18.3 Å². The van der Waals surface area contributed by atoms with E-state index in [1.807, 2.05) is 4.90 Å². The quantitative estimate of drug-likeness (QED) is 0.708. The molecular weight excluding hydrogens is 248 g/mol. The van der Waals surface area contributed by atoms with Crippen molar-refractivity contribution in [2.75, 3.05) is 31.7 Å². The SMILES string of the molecule is COC(=O)c1nc(C)cc(N2CCOC(C#N)C2)n1. The zero-order chi connectivity index (χ0) is 13.8. The molecule has 0 radical (unpaired) electrons. The number of carbonyl (C=O) groups excluding carboxylic acids is 1. The summed E-state index contributed by atoms with van der Waals surface area (Å²) in [7, 11) is 1.29. The van der Waals surface area contributed by atoms with E-state index in [9.17, 15) is 4.79 Å². The first-order chi connectivity index (χ1) is 9.13. The normalized spacial score (nSPS) is 18.8. The molecule has 7 nitrogen and oxygen atoms in total. The highest BCUT2D eigenvalue weighted by Crippen LogP contribution is 2.16. The number of rotatable bonds is 2. The molecular formula is C12H14N4O3. The number of esters is 1. The number of aryl methyl sites for hydroxylation is 1. The fourth-order valence-electron chi connectivity index (χ4n) is 1.83. The number of carbonyl (C=O) groups is 1. The lowest BCUT2D eigenvalue weighted by molar-refractivity contribution is 0.0586. The van der Waals surface area contributed by atoms with Gasteiger partial charge in [0.25, 0.3) is 0 Å². The van der Waals surface area contributed by atoms with Crippen LogP contribution in [0.1, 0.15) is 16.3 Å². The van der Waals surface area contributed by atoms with Gasteiger partial charge >= 0.3 is 5.97 Å². The van der Waals surface area contributed by atoms with Crippen LogP contribution < -0.4 is 4.90 Å². The van der Waals surface area contributed by atoms with E-state index >= 15 is 0 Å². The molecule has 2 rings (SSSR count). The molecule has 1 aliphatic heterocycles. The third-order valence-electron chi connectivity index (χ3n) is 2.74. The molecule has 7 heteroatoms. The molecule has 19 heavy (non-hydrogen) atoms. The first-order valence-electron chi connectivity index (χ1n) is 5.84. The van der Waals surface area contributed by atoms with Crippen molar-refractivity contribution in [1.29, 1.82) is 5.26 Å². The van der Waals surface area contributed by atoms with Gasteiger partial charge in [0.1, 0.15) is 5.82 Å². The second-order valence-electron chi connectivity index (χ2n) is 4.12. The Labute approximate surface area is 110 Å². The van der Waals surface area contributed by atoms with Crippen LogP contribution in [0.25, 0.3) is 0 Å². The van der Waals surface area contributed by atoms with Gasteiger partial charge in [-0.2, -0.15) is 5.26 Å². The molecule has 0 aromatic carbocycles. The minimum Gasteiger partial charge on any atom is -0.463 e. The highest BCUT2D eigenvalue weighted by Gasteiger charge is 2.22. The number of anilines is 1. The molecule has 1 unspecified atom stereocenters. The van der Waals surface area contributed by atoms with Gasteiger partial charge in [-0.1, -0.05) is 0 Å². The van der Waals surface area contributed by atoms with Gasteiger partial charge in [-0.25, -0.2) is 14.8 Å². The van der Waals surface area contributed by atoms with Crippen LogP contribution in [0.15, 0.2) is 6.07 Å². The number of ether oxygens (including phenoxy) is 2. The van der Waals surface area contributed by atoms with Crippen molar-refractivity contribution in [3.63, 3.8) is 0 Å². The summed E-state index contributed by atoms with van der Waals surface area (Å²) in [4.78, 5) is 21.6. The minimum absolute atomic E-state index is 0.0255. The van der Waals surface area contributed by atoms with Crippen molar-refractivity contribution in [3.8, 4) is 6.07 Å². The van der Waals surface area contributed by atoms with Crippen molar-refractivity contribution in [1.82, 2.24) is 9.97 Å². The van der Waals surface area contributed by atoms with Crippen LogP contribution in [0.3, 0.4) is 0 Å². The van der Waals surface area contributed by atoms with Crippen LogP contribution in [0, 0.1) is 18.3 Å². The molecule has 1 atom stereocenters. The van der Waals surface area contributed by atoms with E-state index < -0.39 is 12.1 Å². The third-order valence-corrected chi connectivity index (χ3v) is 2.74. The van der Waals surface area contributed by atoms with Crippen molar-refractivity contribution in [2.24, 2.45) is 0 Å². The summed E-state index contributed by atoms with van der Waals surface area (Å²) < 4.78 is 9.89. The first kappa shape index (κ1) is 13.2. The zero-order valence-electron chi connectivity index (χ0n) is 10.8. The van der Waals surface area contributed by atoms with Crippen LogP contribution in [-0.2, 0) is 9.47 Å². The van der Waals surface area contributed by atoms with Gasteiger partial charge in [-0.05, 0) is 6.92 Å². The number of nitrogens with zero attached hydrogens (tertiary/aromatic N) is 4. The molecule has 1 aromatic heterocycles. The average molecular weight is 262 g/mol. The van der Waals surface area contributed by atoms with Crippen LogP contribution in [0.5, 0.6) is 0 Å². The first-order valence-corrected chi connectivity index (χ1v) is 5.84. The third kappa shape index (κ3) is 2.98. The van der Waals surface area contributed by atoms with E-state index in [0.717, 1.165) is 0 Å². The Bertz CT molecular complexity index is 526. The topological polar surface area (TPSA) is 88.3 Å². The maximum Gasteiger partial charge on any atom is 0.376 e. The standard InChI is InChI=1S/C12H14N4O3/c1-8-5-10(15-11(14-8)12(17)18-2)16-3-4-19-9(6-13)7-16/h5,9H,3-4,7H2,1-2H3. The number of aromatic nitrogens is 2. The van der Waals surface area contributed by atoms with Gasteiger partial charge in [0.15, 0.2) is 6.10 Å². The molecule has 0 amide bonds. The molecule has 100 valence electrons. The summed E-state index contributed by atoms with van der Waals surface area (Å²) in [5.74, 6) is 0.0593. The average Bonchev–Trinajstić information content (AvgIpc) is 2.45. The largest absolute Gasteiger partial charge is 0.463 e. The van der Waals surface area contributed by atoms with Gasteiger partial charge < -0.3 is 14.4 Å². The van der Waals surface area contributed by atoms with E-state index in [-0.39, 0.29) is 5.82 Å². The molecule has 2 heterocycles. The summed E-state index contributed by atoms with van der Waals surface area (Å²) >= 11 is 0. The van der Waals surface area contributed by atoms with Crippen LogP contribution in [0.4, 0.5) is 5.82 Å². The van der Waals surface area contributed by atoms with E-state index in [4.69, 9.17) is 10.00 Å². The fraction of sp³-hybridized carbons (Fsp3) is 0.500. The highest BCUT2D eigenvalue weighted by atomic mass is 16.5. The predicted molar refractivity (Wildman–Crippen MR) is 65.7 cm³/mol. The Morgan fingerprint density at radius 3 is 3.11 bits per heavy atom. The summed E-state index contributed by atoms with van der Waals surface area (Å²) in [5.41, 5.74) is 0.672. The van der Waals surface area contributed by atoms with Gasteiger partial charge in [0.05, 0.1) is 26.3 Å². The molecule has 1 saturated heterocycles. The van der Waals surface area contributed by atoms with Crippen LogP contribution in [0.2, 0.25) is 0 Å². The van der Waals surface area contributed by atoms with E-state index in [0.29, 0.717) is 31.2 Å². The van der Waals surface area contributed by atoms with E-state index in [1.165, 1.54) is 7.11 Å². The van der Waals surface area contributed by atoms with Crippen molar-refractivity contribution in [2.45, 2.75) is 13.0 Å². The lowest BCUT2D eigenvalue weighted by atomic mass is 10.3. The maximum absolute atomic E-state index is 11.5. The molecule has 0 saturated carbocycles. The smallest absolute Gasteiger partial charge is 0.376 e. The Kier molecular flexibility index (Phi) is 3.92. The Balaban J connectivity index is 2.27. The fourth-order valence-corrected chi connectivity index (χ4v) is 1.83. The van der Waals surface area contributed by atoms with E-state index in [2.05, 4.69) is 20.8 Å². The summed E-state index contributed by atoms with van der Waals surface area (Å²) in [6.45, 7) is 3.28. The molecule has 0 N–H and O–H groups in total. The Hall–Kier alpha value is -2.20. The highest BCUT2D eigenvalue weighted by molar-refractivity contribution is 5.85.